The van der Waals surface area contributed by atoms with Gasteiger partial charge in [-0.3, -0.25) is 0 Å². The molecule has 0 saturated carbocycles. The molecular formula is C29H32N3O9+. The molecule has 0 saturated heterocycles. The van der Waals surface area contributed by atoms with Gasteiger partial charge in [-0.25, -0.2) is 4.98 Å². The Morgan fingerprint density at radius 3 is 1.68 bits per heavy atom. The Morgan fingerprint density at radius 1 is 0.561 bits per heavy atom. The molecule has 4 aromatic rings. The smallest absolute Gasteiger partial charge is 0.312 e. The number of aromatic hydroxyl groups is 1. The van der Waals surface area contributed by atoms with Crippen molar-refractivity contribution in [1.29, 1.82) is 0 Å². The molecular weight excluding hydrogens is 534 g/mol. The first-order valence-electron chi connectivity index (χ1n) is 12.9. The minimum atomic E-state index is -0.214. The minimum Gasteiger partial charge on any atom is -0.507 e. The molecule has 1 aromatic heterocycles. The van der Waals surface area contributed by atoms with Crippen molar-refractivity contribution in [3.63, 3.8) is 0 Å². The molecule has 0 atom stereocenters. The number of aromatic nitrogens is 3. The van der Waals surface area contributed by atoms with Gasteiger partial charge in [-0.15, -0.1) is 0 Å². The molecule has 3 aromatic carbocycles. The molecule has 0 aliphatic carbocycles. The van der Waals surface area contributed by atoms with E-state index in [0.29, 0.717) is 51.3 Å². The molecule has 4 rings (SSSR count). The predicted molar refractivity (Wildman–Crippen MR) is 147 cm³/mol. The number of phenols is 1. The van der Waals surface area contributed by atoms with Gasteiger partial charge < -0.3 is 44.5 Å². The molecule has 0 aliphatic heterocycles. The molecule has 0 aliphatic rings. The van der Waals surface area contributed by atoms with Crippen LogP contribution in [0.3, 0.4) is 0 Å². The normalized spacial score (nSPS) is 10.8. The standard InChI is InChI=1S/C29H31N3O9/c33-9-13-38-20-3-1-19(2-4-20)27-30-28(23-7-5-21(17-25(23)37)39-14-10-34)32-29(31-27)24-8-6-22(40-15-11-35)18-26(24)41-16-12-36/h1-8,17-18,33-37H,9-16H2/p+1. The first kappa shape index (κ1) is 29.5. The van der Waals surface area contributed by atoms with E-state index in [2.05, 4.69) is 15.0 Å². The van der Waals surface area contributed by atoms with Crippen molar-refractivity contribution >= 4 is 0 Å². The van der Waals surface area contributed by atoms with E-state index < -0.39 is 0 Å². The summed E-state index contributed by atoms with van der Waals surface area (Å²) in [6, 6.07) is 16.8. The molecule has 12 heteroatoms. The van der Waals surface area contributed by atoms with E-state index in [1.807, 2.05) is 0 Å². The zero-order chi connectivity index (χ0) is 29.0. The number of hydrogen-bond acceptors (Lipinski definition) is 11. The van der Waals surface area contributed by atoms with E-state index in [9.17, 15) is 10.2 Å². The molecule has 0 unspecified atom stereocenters. The van der Waals surface area contributed by atoms with Gasteiger partial charge in [0.25, 0.3) is 11.6 Å². The van der Waals surface area contributed by atoms with Crippen molar-refractivity contribution in [2.24, 2.45) is 0 Å². The number of aromatic amines is 1. The van der Waals surface area contributed by atoms with Crippen LogP contribution in [0.25, 0.3) is 34.2 Å². The first-order valence-corrected chi connectivity index (χ1v) is 12.9. The van der Waals surface area contributed by atoms with Crippen molar-refractivity contribution in [2.75, 3.05) is 52.9 Å². The maximum atomic E-state index is 10.8. The molecule has 0 radical (unpaired) electrons. The number of phenolic OH excluding ortho intramolecular Hbond substituents is 1. The first-order chi connectivity index (χ1) is 20.1. The lowest BCUT2D eigenvalue weighted by molar-refractivity contribution is -0.359. The Morgan fingerprint density at radius 2 is 1.07 bits per heavy atom. The number of nitrogens with zero attached hydrogens (tertiary/aromatic N) is 2. The Kier molecular flexibility index (Phi) is 10.6. The molecule has 0 bridgehead atoms. The summed E-state index contributed by atoms with van der Waals surface area (Å²) in [5.41, 5.74) is 1.56. The van der Waals surface area contributed by atoms with Crippen molar-refractivity contribution in [3.05, 3.63) is 60.7 Å². The summed E-state index contributed by atoms with van der Waals surface area (Å²) in [6.07, 6.45) is 0. The van der Waals surface area contributed by atoms with Crippen LogP contribution in [-0.2, 0) is 0 Å². The quantitative estimate of drug-likeness (QED) is 0.141. The maximum absolute atomic E-state index is 10.8. The monoisotopic (exact) mass is 566 g/mol. The van der Waals surface area contributed by atoms with Gasteiger partial charge in [0.05, 0.1) is 43.1 Å². The third kappa shape index (κ3) is 7.80. The van der Waals surface area contributed by atoms with Gasteiger partial charge in [-0.2, -0.15) is 0 Å². The fraction of sp³-hybridized carbons (Fsp3) is 0.276. The number of rotatable bonds is 15. The molecule has 41 heavy (non-hydrogen) atoms. The number of hydrogen-bond donors (Lipinski definition) is 5. The number of H-pyrrole nitrogens is 1. The average molecular weight is 567 g/mol. The summed E-state index contributed by atoms with van der Waals surface area (Å²) in [5.74, 6) is 2.63. The van der Waals surface area contributed by atoms with E-state index in [1.165, 1.54) is 6.07 Å². The van der Waals surface area contributed by atoms with E-state index >= 15 is 0 Å². The summed E-state index contributed by atoms with van der Waals surface area (Å²) in [5, 5.41) is 47.4. The number of benzene rings is 3. The minimum absolute atomic E-state index is 0.0205. The van der Waals surface area contributed by atoms with Crippen LogP contribution in [0.1, 0.15) is 0 Å². The highest BCUT2D eigenvalue weighted by molar-refractivity contribution is 5.70. The largest absolute Gasteiger partial charge is 0.507 e. The Balaban J connectivity index is 1.82. The Labute approximate surface area is 236 Å². The molecule has 0 spiro atoms. The van der Waals surface area contributed by atoms with E-state index in [-0.39, 0.29) is 64.4 Å². The molecule has 6 N–H and O–H groups in total. The lowest BCUT2D eigenvalue weighted by Crippen LogP contribution is -2.18. The zero-order valence-electron chi connectivity index (χ0n) is 22.2. The molecule has 1 heterocycles. The summed E-state index contributed by atoms with van der Waals surface area (Å²) < 4.78 is 22.2. The topological polar surface area (TPSA) is 178 Å². The van der Waals surface area contributed by atoms with Crippen molar-refractivity contribution in [1.82, 2.24) is 9.97 Å². The van der Waals surface area contributed by atoms with Gasteiger partial charge >= 0.3 is 5.82 Å². The van der Waals surface area contributed by atoms with Gasteiger partial charge in [0.2, 0.25) is 0 Å². The highest BCUT2D eigenvalue weighted by atomic mass is 16.5. The van der Waals surface area contributed by atoms with Crippen molar-refractivity contribution in [2.45, 2.75) is 0 Å². The second-order valence-corrected chi connectivity index (χ2v) is 8.52. The third-order valence-electron chi connectivity index (χ3n) is 5.65. The van der Waals surface area contributed by atoms with Gasteiger partial charge in [0.1, 0.15) is 55.2 Å². The van der Waals surface area contributed by atoms with E-state index in [4.69, 9.17) is 34.3 Å². The van der Waals surface area contributed by atoms with E-state index in [1.54, 1.807) is 54.6 Å². The number of aliphatic hydroxyl groups is 4. The fourth-order valence-corrected chi connectivity index (χ4v) is 3.84. The summed E-state index contributed by atoms with van der Waals surface area (Å²) in [7, 11) is 0. The van der Waals surface area contributed by atoms with Crippen LogP contribution in [0.4, 0.5) is 0 Å². The Bertz CT molecular complexity index is 1420. The number of ether oxygens (including phenoxy) is 4. The van der Waals surface area contributed by atoms with Crippen LogP contribution in [0, 0.1) is 0 Å². The number of aliphatic hydroxyl groups excluding tert-OH is 4. The average Bonchev–Trinajstić information content (AvgIpc) is 3.00. The fourth-order valence-electron chi connectivity index (χ4n) is 3.84. The van der Waals surface area contributed by atoms with Crippen LogP contribution >= 0.6 is 0 Å². The van der Waals surface area contributed by atoms with Crippen LogP contribution in [-0.4, -0.2) is 88.4 Å². The molecule has 0 fully saturated rings. The maximum Gasteiger partial charge on any atom is 0.312 e. The van der Waals surface area contributed by atoms with Gasteiger partial charge in [-0.05, 0) is 48.5 Å². The lowest BCUT2D eigenvalue weighted by atomic mass is 10.1. The molecule has 216 valence electrons. The zero-order valence-corrected chi connectivity index (χ0v) is 22.2. The van der Waals surface area contributed by atoms with Crippen LogP contribution in [0.5, 0.6) is 28.7 Å². The predicted octanol–water partition coefficient (Wildman–Crippen LogP) is 1.48. The highest BCUT2D eigenvalue weighted by Gasteiger charge is 2.24. The van der Waals surface area contributed by atoms with E-state index in [0.717, 1.165) is 0 Å². The van der Waals surface area contributed by atoms with Gasteiger partial charge in [0, 0.05) is 12.1 Å². The summed E-state index contributed by atoms with van der Waals surface area (Å²) in [6.45, 7) is -0.274. The Hall–Kier alpha value is -4.49. The summed E-state index contributed by atoms with van der Waals surface area (Å²) in [4.78, 5) is 12.6. The SMILES string of the molecule is OCCOc1ccc(-c2nc(-c3ccc(OCCO)cc3O)nc(-c3ccc(OCCO)cc3OCCO)[nH+]2)cc1. The second kappa shape index (κ2) is 14.8. The van der Waals surface area contributed by atoms with Gasteiger partial charge in [-0.1, -0.05) is 9.97 Å². The van der Waals surface area contributed by atoms with Crippen molar-refractivity contribution in [3.8, 4) is 62.9 Å². The third-order valence-corrected chi connectivity index (χ3v) is 5.65. The van der Waals surface area contributed by atoms with Crippen LogP contribution in [0.2, 0.25) is 0 Å². The highest BCUT2D eigenvalue weighted by Crippen LogP contribution is 2.35. The van der Waals surface area contributed by atoms with Crippen LogP contribution in [0.15, 0.2) is 60.7 Å². The van der Waals surface area contributed by atoms with Crippen molar-refractivity contribution < 1.29 is 49.5 Å². The van der Waals surface area contributed by atoms with Gasteiger partial charge in [0.15, 0.2) is 0 Å². The second-order valence-electron chi connectivity index (χ2n) is 8.52. The summed E-state index contributed by atoms with van der Waals surface area (Å²) >= 11 is 0. The molecule has 12 nitrogen and oxygen atoms in total. The molecule has 0 amide bonds. The van der Waals surface area contributed by atoms with Crippen LogP contribution < -0.4 is 23.9 Å². The number of nitrogens with one attached hydrogen (secondary N) is 1. The lowest BCUT2D eigenvalue weighted by Gasteiger charge is -2.12.